The molecule has 2 aromatic rings. The van der Waals surface area contributed by atoms with Crippen molar-refractivity contribution in [2.45, 2.75) is 33.1 Å². The number of benzene rings is 2. The molecule has 0 radical (unpaired) electrons. The van der Waals surface area contributed by atoms with Gasteiger partial charge in [0.15, 0.2) is 0 Å². The van der Waals surface area contributed by atoms with E-state index in [1.807, 2.05) is 0 Å². The second kappa shape index (κ2) is 12.1. The second-order valence-corrected chi connectivity index (χ2v) is 8.77. The monoisotopic (exact) mass is 452 g/mol. The molecule has 0 spiro atoms. The normalized spacial score (nSPS) is 14.8. The van der Waals surface area contributed by atoms with Gasteiger partial charge in [-0.2, -0.15) is 0 Å². The van der Waals surface area contributed by atoms with Crippen LogP contribution in [0, 0.1) is 0 Å². The second-order valence-electron chi connectivity index (χ2n) is 8.77. The fraction of sp³-hybridized carbons (Fsp3) is 0.556. The van der Waals surface area contributed by atoms with Crippen molar-refractivity contribution >= 4 is 22.7 Å². The van der Waals surface area contributed by atoms with Crippen molar-refractivity contribution in [2.75, 3.05) is 85.5 Å². The summed E-state index contributed by atoms with van der Waals surface area (Å²) >= 11 is 0. The van der Waals surface area contributed by atoms with E-state index in [1.165, 1.54) is 22.7 Å². The van der Waals surface area contributed by atoms with Gasteiger partial charge in [-0.05, 0) is 57.4 Å². The fourth-order valence-corrected chi connectivity index (χ4v) is 4.94. The number of hydrogen-bond acceptors (Lipinski definition) is 6. The number of nitrogens with zero attached hydrogens (tertiary/aromatic N) is 4. The van der Waals surface area contributed by atoms with E-state index in [0.29, 0.717) is 0 Å². The Kier molecular flexibility index (Phi) is 8.72. The summed E-state index contributed by atoms with van der Waals surface area (Å²) in [6, 6.07) is 17.7. The van der Waals surface area contributed by atoms with Crippen LogP contribution in [0.5, 0.6) is 0 Å². The molecule has 0 amide bonds. The maximum Gasteiger partial charge on any atom is 0.0904 e. The molecule has 4 rings (SSSR count). The summed E-state index contributed by atoms with van der Waals surface area (Å²) in [6.45, 7) is 13.6. The van der Waals surface area contributed by atoms with Crippen LogP contribution in [0.15, 0.2) is 48.5 Å². The van der Waals surface area contributed by atoms with Gasteiger partial charge in [-0.1, -0.05) is 24.3 Å². The summed E-state index contributed by atoms with van der Waals surface area (Å²) in [5, 5.41) is 0. The lowest BCUT2D eigenvalue weighted by atomic mass is 10.2. The molecule has 0 bridgehead atoms. The number of para-hydroxylation sites is 4. The van der Waals surface area contributed by atoms with E-state index >= 15 is 0 Å². The zero-order chi connectivity index (χ0) is 22.9. The van der Waals surface area contributed by atoms with Crippen LogP contribution < -0.4 is 19.6 Å². The molecule has 6 heteroatoms. The van der Waals surface area contributed by atoms with Crippen LogP contribution in [-0.4, -0.2) is 65.9 Å². The Morgan fingerprint density at radius 3 is 1.21 bits per heavy atom. The molecule has 0 saturated heterocycles. The molecular formula is C27H40N4O2. The molecule has 0 unspecified atom stereocenters. The average Bonchev–Trinajstić information content (AvgIpc) is 3.38. The van der Waals surface area contributed by atoms with E-state index < -0.39 is 0 Å². The van der Waals surface area contributed by atoms with Gasteiger partial charge >= 0.3 is 0 Å². The molecule has 0 aromatic heterocycles. The summed E-state index contributed by atoms with van der Waals surface area (Å²) in [4.78, 5) is 10.1. The van der Waals surface area contributed by atoms with Gasteiger partial charge in [0.1, 0.15) is 0 Å². The van der Waals surface area contributed by atoms with Crippen molar-refractivity contribution in [3.05, 3.63) is 48.5 Å². The van der Waals surface area contributed by atoms with E-state index in [9.17, 15) is 0 Å². The molecule has 180 valence electrons. The lowest BCUT2D eigenvalue weighted by Gasteiger charge is -2.25. The van der Waals surface area contributed by atoms with Crippen LogP contribution >= 0.6 is 0 Å². The summed E-state index contributed by atoms with van der Waals surface area (Å²) in [6.07, 6.45) is 3.28. The third-order valence-corrected chi connectivity index (χ3v) is 6.51. The van der Waals surface area contributed by atoms with Gasteiger partial charge in [-0.3, -0.25) is 0 Å². The van der Waals surface area contributed by atoms with Crippen LogP contribution in [0.3, 0.4) is 0 Å². The molecule has 0 saturated carbocycles. The lowest BCUT2D eigenvalue weighted by Crippen LogP contribution is -2.36. The topological polar surface area (TPSA) is 31.4 Å². The molecule has 2 aliphatic heterocycles. The summed E-state index contributed by atoms with van der Waals surface area (Å²) in [7, 11) is 0. The Morgan fingerprint density at radius 1 is 0.545 bits per heavy atom. The van der Waals surface area contributed by atoms with Crippen molar-refractivity contribution < 1.29 is 9.47 Å². The van der Waals surface area contributed by atoms with Gasteiger partial charge < -0.3 is 29.1 Å². The summed E-state index contributed by atoms with van der Waals surface area (Å²) in [5.41, 5.74) is 5.46. The Balaban J connectivity index is 1.30. The van der Waals surface area contributed by atoms with Gasteiger partial charge in [0.25, 0.3) is 0 Å². The average molecular weight is 453 g/mol. The maximum atomic E-state index is 5.55. The quantitative estimate of drug-likeness (QED) is 0.383. The van der Waals surface area contributed by atoms with Crippen LogP contribution in [0.1, 0.15) is 33.1 Å². The molecule has 0 fully saturated rings. The third-order valence-electron chi connectivity index (χ3n) is 6.51. The maximum absolute atomic E-state index is 5.55. The Hall–Kier alpha value is -2.44. The zero-order valence-corrected chi connectivity index (χ0v) is 20.4. The predicted octanol–water partition coefficient (Wildman–Crippen LogP) is 4.80. The largest absolute Gasteiger partial charge is 0.382 e. The minimum Gasteiger partial charge on any atom is -0.382 e. The summed E-state index contributed by atoms with van der Waals surface area (Å²) < 4.78 is 11.1. The SMILES string of the molecule is CCOCCCN1CN(CCCN2CN(CCCOCC)c3ccccc32)c2ccccc21. The van der Waals surface area contributed by atoms with Gasteiger partial charge in [-0.15, -0.1) is 0 Å². The molecule has 2 heterocycles. The van der Waals surface area contributed by atoms with Crippen molar-refractivity contribution in [3.63, 3.8) is 0 Å². The predicted molar refractivity (Wildman–Crippen MR) is 139 cm³/mol. The first-order valence-corrected chi connectivity index (χ1v) is 12.6. The van der Waals surface area contributed by atoms with Crippen LogP contribution in [0.4, 0.5) is 22.7 Å². The van der Waals surface area contributed by atoms with Crippen molar-refractivity contribution in [1.82, 2.24) is 0 Å². The van der Waals surface area contributed by atoms with Gasteiger partial charge in [0.2, 0.25) is 0 Å². The molecule has 0 N–H and O–H groups in total. The highest BCUT2D eigenvalue weighted by Gasteiger charge is 2.27. The minimum atomic E-state index is 0.798. The number of rotatable bonds is 14. The van der Waals surface area contributed by atoms with Crippen molar-refractivity contribution in [2.24, 2.45) is 0 Å². The minimum absolute atomic E-state index is 0.798. The highest BCUT2D eigenvalue weighted by molar-refractivity contribution is 5.77. The molecule has 6 nitrogen and oxygen atoms in total. The summed E-state index contributed by atoms with van der Waals surface area (Å²) in [5.74, 6) is 0. The van der Waals surface area contributed by atoms with E-state index in [-0.39, 0.29) is 0 Å². The molecule has 0 atom stereocenters. The molecule has 33 heavy (non-hydrogen) atoms. The number of ether oxygens (including phenoxy) is 2. The Labute approximate surface area is 199 Å². The number of fused-ring (bicyclic) bond motifs is 2. The first-order chi connectivity index (χ1) is 16.3. The van der Waals surface area contributed by atoms with E-state index in [0.717, 1.165) is 85.2 Å². The molecule has 2 aromatic carbocycles. The highest BCUT2D eigenvalue weighted by atomic mass is 16.5. The Bertz CT molecular complexity index is 792. The van der Waals surface area contributed by atoms with Crippen molar-refractivity contribution in [1.29, 1.82) is 0 Å². The van der Waals surface area contributed by atoms with Crippen LogP contribution in [0.25, 0.3) is 0 Å². The Morgan fingerprint density at radius 2 is 0.879 bits per heavy atom. The highest BCUT2D eigenvalue weighted by Crippen LogP contribution is 2.37. The van der Waals surface area contributed by atoms with E-state index in [2.05, 4.69) is 82.0 Å². The van der Waals surface area contributed by atoms with Gasteiger partial charge in [0, 0.05) is 52.6 Å². The number of hydrogen-bond donors (Lipinski definition) is 0. The number of anilines is 4. The zero-order valence-electron chi connectivity index (χ0n) is 20.4. The fourth-order valence-electron chi connectivity index (χ4n) is 4.94. The molecule has 2 aliphatic rings. The van der Waals surface area contributed by atoms with Crippen LogP contribution in [-0.2, 0) is 9.47 Å². The lowest BCUT2D eigenvalue weighted by molar-refractivity contribution is 0.146. The van der Waals surface area contributed by atoms with E-state index in [4.69, 9.17) is 9.47 Å². The van der Waals surface area contributed by atoms with E-state index in [1.54, 1.807) is 0 Å². The third kappa shape index (κ3) is 5.92. The van der Waals surface area contributed by atoms with Gasteiger partial charge in [-0.25, -0.2) is 0 Å². The first kappa shape index (κ1) is 23.7. The van der Waals surface area contributed by atoms with Crippen LogP contribution in [0.2, 0.25) is 0 Å². The first-order valence-electron chi connectivity index (χ1n) is 12.6. The van der Waals surface area contributed by atoms with Gasteiger partial charge in [0.05, 0.1) is 36.1 Å². The smallest absolute Gasteiger partial charge is 0.0904 e. The standard InChI is InChI=1S/C27H40N4O2/c1-3-32-20-10-18-30-22-28(24-12-5-7-14-26(24)30)16-9-17-29-23-31(19-11-21-33-4-2)27-15-8-6-13-25(27)29/h5-8,12-15H,3-4,9-11,16-23H2,1-2H3. The molecular weight excluding hydrogens is 412 g/mol. The van der Waals surface area contributed by atoms with Crippen molar-refractivity contribution in [3.8, 4) is 0 Å². The molecule has 0 aliphatic carbocycles.